The molecule has 88 valence electrons. The van der Waals surface area contributed by atoms with Gasteiger partial charge in [-0.15, -0.1) is 4.67 Å². The van der Waals surface area contributed by atoms with E-state index in [0.717, 1.165) is 0 Å². The summed E-state index contributed by atoms with van der Waals surface area (Å²) in [6.07, 6.45) is 0. The third kappa shape index (κ3) is 14.7. The van der Waals surface area contributed by atoms with Crippen LogP contribution in [-0.4, -0.2) is 21.5 Å². The van der Waals surface area contributed by atoms with E-state index in [4.69, 9.17) is 14.9 Å². The molecule has 16 heavy (non-hydrogen) atoms. The third-order valence-corrected chi connectivity index (χ3v) is 1.32. The van der Waals surface area contributed by atoms with Gasteiger partial charge in [-0.1, -0.05) is 18.2 Å². The SMILES string of the molecule is CCOOP(=O)(O)O.Oc1ccccc1.[H-].[K+]. The van der Waals surface area contributed by atoms with Crippen molar-refractivity contribution < 1.29 is 81.8 Å². The smallest absolute Gasteiger partial charge is 1.00 e. The molecule has 1 aromatic rings. The van der Waals surface area contributed by atoms with Gasteiger partial charge in [-0.3, -0.25) is 0 Å². The van der Waals surface area contributed by atoms with Crippen LogP contribution in [0.4, 0.5) is 0 Å². The van der Waals surface area contributed by atoms with E-state index in [1.807, 2.05) is 6.07 Å². The number of hydrogen-bond acceptors (Lipinski definition) is 4. The first-order valence-electron chi connectivity index (χ1n) is 4.06. The van der Waals surface area contributed by atoms with E-state index in [9.17, 15) is 4.57 Å². The number of hydrogen-bond donors (Lipinski definition) is 3. The van der Waals surface area contributed by atoms with Gasteiger partial charge in [-0.2, -0.15) is 0 Å². The summed E-state index contributed by atoms with van der Waals surface area (Å²) in [6.45, 7) is 1.67. The Morgan fingerprint density at radius 3 is 2.00 bits per heavy atom. The van der Waals surface area contributed by atoms with Crippen LogP contribution in [-0.2, 0) is 14.1 Å². The van der Waals surface area contributed by atoms with Crippen molar-refractivity contribution in [1.29, 1.82) is 0 Å². The van der Waals surface area contributed by atoms with Crippen LogP contribution in [0.1, 0.15) is 8.35 Å². The maximum Gasteiger partial charge on any atom is 1.00 e. The maximum absolute atomic E-state index is 9.74. The Balaban J connectivity index is -0.000000207. The zero-order valence-corrected chi connectivity index (χ0v) is 13.1. The fraction of sp³-hybridized carbons (Fsp3) is 0.250. The number of aromatic hydroxyl groups is 1. The molecule has 0 atom stereocenters. The second kappa shape index (κ2) is 10.9. The molecule has 0 amide bonds. The number of benzene rings is 1. The molecule has 1 aromatic carbocycles. The van der Waals surface area contributed by atoms with Gasteiger partial charge in [0.05, 0.1) is 6.61 Å². The van der Waals surface area contributed by atoms with E-state index >= 15 is 0 Å². The third-order valence-electron chi connectivity index (χ3n) is 1.02. The maximum atomic E-state index is 9.74. The molecule has 8 heteroatoms. The predicted molar refractivity (Wildman–Crippen MR) is 54.0 cm³/mol. The summed E-state index contributed by atoms with van der Waals surface area (Å²) >= 11 is 0. The zero-order valence-electron chi connectivity index (χ0n) is 10.1. The van der Waals surface area contributed by atoms with Gasteiger partial charge in [0.1, 0.15) is 5.75 Å². The van der Waals surface area contributed by atoms with Gasteiger partial charge in [0.2, 0.25) is 0 Å². The number of para-hydroxylation sites is 1. The summed E-state index contributed by atoms with van der Waals surface area (Å²) in [5.74, 6) is 0.322. The molecule has 1 rings (SSSR count). The van der Waals surface area contributed by atoms with Crippen molar-refractivity contribution in [1.82, 2.24) is 0 Å². The molecule has 0 saturated carbocycles. The Morgan fingerprint density at radius 1 is 1.31 bits per heavy atom. The molecule has 0 spiro atoms. The first kappa shape index (κ1) is 19.1. The van der Waals surface area contributed by atoms with Crippen LogP contribution in [0.3, 0.4) is 0 Å². The summed E-state index contributed by atoms with van der Waals surface area (Å²) < 4.78 is 13.3. The van der Waals surface area contributed by atoms with Gasteiger partial charge >= 0.3 is 59.2 Å². The average molecular weight is 276 g/mol. The van der Waals surface area contributed by atoms with Crippen molar-refractivity contribution in [2.75, 3.05) is 6.61 Å². The Morgan fingerprint density at radius 2 is 1.81 bits per heavy atom. The summed E-state index contributed by atoms with van der Waals surface area (Å²) in [5, 5.41) is 8.63. The van der Waals surface area contributed by atoms with Crippen molar-refractivity contribution in [3.05, 3.63) is 30.3 Å². The van der Waals surface area contributed by atoms with Crippen molar-refractivity contribution in [2.45, 2.75) is 6.92 Å². The molecule has 0 aromatic heterocycles. The molecule has 0 heterocycles. The topological polar surface area (TPSA) is 96.2 Å². The van der Waals surface area contributed by atoms with E-state index < -0.39 is 7.82 Å². The Labute approximate surface area is 138 Å². The second-order valence-electron chi connectivity index (χ2n) is 2.31. The summed E-state index contributed by atoms with van der Waals surface area (Å²) in [7, 11) is -4.40. The number of phenolic OH excluding ortho intramolecular Hbond substituents is 1. The monoisotopic (exact) mass is 276 g/mol. The fourth-order valence-electron chi connectivity index (χ4n) is 0.549. The minimum atomic E-state index is -4.40. The van der Waals surface area contributed by atoms with E-state index in [1.165, 1.54) is 0 Å². The molecular formula is C8H14KO6P. The van der Waals surface area contributed by atoms with E-state index in [1.54, 1.807) is 31.2 Å². The Bertz CT molecular complexity index is 306. The average Bonchev–Trinajstić information content (AvgIpc) is 2.16. The molecule has 0 fully saturated rings. The molecule has 0 aliphatic carbocycles. The van der Waals surface area contributed by atoms with Gasteiger partial charge in [0.25, 0.3) is 0 Å². The van der Waals surface area contributed by atoms with Gasteiger partial charge in [0.15, 0.2) is 0 Å². The van der Waals surface area contributed by atoms with E-state index in [0.29, 0.717) is 5.75 Å². The van der Waals surface area contributed by atoms with Crippen molar-refractivity contribution in [3.8, 4) is 5.75 Å². The van der Waals surface area contributed by atoms with E-state index in [2.05, 4.69) is 9.56 Å². The van der Waals surface area contributed by atoms with E-state index in [-0.39, 0.29) is 59.4 Å². The first-order valence-corrected chi connectivity index (χ1v) is 5.59. The minimum absolute atomic E-state index is 0. The largest absolute Gasteiger partial charge is 1.00 e. The first-order chi connectivity index (χ1) is 6.95. The zero-order chi connectivity index (χ0) is 11.7. The van der Waals surface area contributed by atoms with Crippen LogP contribution in [0.25, 0.3) is 0 Å². The predicted octanol–water partition coefficient (Wildman–Crippen LogP) is -1.44. The number of rotatable bonds is 3. The van der Waals surface area contributed by atoms with Gasteiger partial charge in [-0.25, -0.2) is 9.45 Å². The second-order valence-corrected chi connectivity index (χ2v) is 3.44. The molecule has 0 saturated heterocycles. The number of phosphoric acid groups is 1. The summed E-state index contributed by atoms with van der Waals surface area (Å²) in [4.78, 5) is 19.8. The van der Waals surface area contributed by atoms with Crippen LogP contribution in [0.2, 0.25) is 0 Å². The molecule has 6 nitrogen and oxygen atoms in total. The normalized spacial score (nSPS) is 9.69. The Kier molecular flexibility index (Phi) is 12.9. The van der Waals surface area contributed by atoms with Gasteiger partial charge in [0, 0.05) is 0 Å². The van der Waals surface area contributed by atoms with Crippen LogP contribution in [0.5, 0.6) is 5.75 Å². The van der Waals surface area contributed by atoms with Crippen molar-refractivity contribution >= 4 is 7.82 Å². The molecule has 0 unspecified atom stereocenters. The van der Waals surface area contributed by atoms with Crippen LogP contribution in [0, 0.1) is 0 Å². The van der Waals surface area contributed by atoms with Crippen LogP contribution < -0.4 is 51.4 Å². The fourth-order valence-corrected chi connectivity index (χ4v) is 0.792. The Hall–Kier alpha value is 0.726. The summed E-state index contributed by atoms with van der Waals surface area (Å²) in [5.41, 5.74) is 0. The quantitative estimate of drug-likeness (QED) is 0.271. The molecule has 0 aliphatic heterocycles. The molecule has 0 aliphatic rings. The van der Waals surface area contributed by atoms with Crippen molar-refractivity contribution in [3.63, 3.8) is 0 Å². The molecule has 0 radical (unpaired) electrons. The van der Waals surface area contributed by atoms with Gasteiger partial charge < -0.3 is 16.3 Å². The standard InChI is InChI=1S/C6H6O.C2H7O5P.K.H/c7-6-4-2-1-3-5-6;1-2-6-7-8(3,4)5;;/h1-5,7H;2H2,1H3,(H2,3,4,5);;/q;;+1;-1. The molecule has 0 bridgehead atoms. The van der Waals surface area contributed by atoms with Crippen LogP contribution >= 0.6 is 7.82 Å². The molecule has 3 N–H and O–H groups in total. The van der Waals surface area contributed by atoms with Gasteiger partial charge in [-0.05, 0) is 19.1 Å². The number of phenols is 1. The van der Waals surface area contributed by atoms with Crippen LogP contribution in [0.15, 0.2) is 30.3 Å². The molecular weight excluding hydrogens is 262 g/mol. The van der Waals surface area contributed by atoms with Crippen molar-refractivity contribution in [2.24, 2.45) is 0 Å². The summed E-state index contributed by atoms with van der Waals surface area (Å²) in [6, 6.07) is 8.71. The minimum Gasteiger partial charge on any atom is -1.00 e.